The maximum Gasteiger partial charge on any atom is 0.223 e. The average molecular weight is 197 g/mol. The molecule has 0 radical (unpaired) electrons. The van der Waals surface area contributed by atoms with E-state index in [4.69, 9.17) is 4.74 Å². The van der Waals surface area contributed by atoms with Crippen LogP contribution >= 0.6 is 0 Å². The number of likely N-dealkylation sites (tertiary alicyclic amines) is 1. The number of carbonyl (C=O) groups is 1. The predicted molar refractivity (Wildman–Crippen MR) is 54.0 cm³/mol. The van der Waals surface area contributed by atoms with Gasteiger partial charge in [-0.25, -0.2) is 0 Å². The summed E-state index contributed by atoms with van der Waals surface area (Å²) in [6, 6.07) is 0. The quantitative estimate of drug-likeness (QED) is 0.641. The van der Waals surface area contributed by atoms with Crippen LogP contribution in [0, 0.1) is 5.41 Å². The Morgan fingerprint density at radius 3 is 2.86 bits per heavy atom. The number of epoxide rings is 1. The zero-order valence-electron chi connectivity index (χ0n) is 9.08. The molecule has 1 atom stereocenters. The molecule has 2 heterocycles. The molecule has 2 rings (SSSR count). The van der Waals surface area contributed by atoms with Crippen LogP contribution in [0.1, 0.15) is 33.1 Å². The fourth-order valence-corrected chi connectivity index (χ4v) is 1.94. The SMILES string of the molecule is CC1(C)CCN(CCC2CO2)C(=O)C1. The zero-order valence-corrected chi connectivity index (χ0v) is 9.08. The largest absolute Gasteiger partial charge is 0.373 e. The van der Waals surface area contributed by atoms with Crippen molar-refractivity contribution in [1.82, 2.24) is 4.90 Å². The van der Waals surface area contributed by atoms with Gasteiger partial charge in [-0.3, -0.25) is 4.79 Å². The molecule has 0 aromatic rings. The smallest absolute Gasteiger partial charge is 0.223 e. The number of nitrogens with zero attached hydrogens (tertiary/aromatic N) is 1. The van der Waals surface area contributed by atoms with Gasteiger partial charge in [-0.1, -0.05) is 13.8 Å². The van der Waals surface area contributed by atoms with Crippen LogP contribution in [0.3, 0.4) is 0 Å². The molecule has 0 spiro atoms. The van der Waals surface area contributed by atoms with Crippen molar-refractivity contribution < 1.29 is 9.53 Å². The fourth-order valence-electron chi connectivity index (χ4n) is 1.94. The number of rotatable bonds is 3. The number of amides is 1. The molecule has 0 N–H and O–H groups in total. The summed E-state index contributed by atoms with van der Waals surface area (Å²) in [6.45, 7) is 7.06. The third-order valence-electron chi connectivity index (χ3n) is 3.16. The number of carbonyl (C=O) groups excluding carboxylic acids is 1. The van der Waals surface area contributed by atoms with Crippen LogP contribution in [0.2, 0.25) is 0 Å². The first-order valence-corrected chi connectivity index (χ1v) is 5.46. The van der Waals surface area contributed by atoms with Gasteiger partial charge in [0.15, 0.2) is 0 Å². The lowest BCUT2D eigenvalue weighted by molar-refractivity contribution is -0.137. The molecule has 14 heavy (non-hydrogen) atoms. The topological polar surface area (TPSA) is 32.8 Å². The second-order valence-corrected chi connectivity index (χ2v) is 5.22. The van der Waals surface area contributed by atoms with Gasteiger partial charge in [0, 0.05) is 19.5 Å². The van der Waals surface area contributed by atoms with Crippen molar-refractivity contribution >= 4 is 5.91 Å². The summed E-state index contributed by atoms with van der Waals surface area (Å²) in [5, 5.41) is 0. The Labute approximate surface area is 85.4 Å². The minimum Gasteiger partial charge on any atom is -0.373 e. The molecule has 3 heteroatoms. The summed E-state index contributed by atoms with van der Waals surface area (Å²) in [4.78, 5) is 13.7. The minimum atomic E-state index is 0.212. The van der Waals surface area contributed by atoms with Gasteiger partial charge in [-0.15, -0.1) is 0 Å². The van der Waals surface area contributed by atoms with Crippen LogP contribution in [0.25, 0.3) is 0 Å². The normalized spacial score (nSPS) is 30.6. The monoisotopic (exact) mass is 197 g/mol. The van der Waals surface area contributed by atoms with E-state index in [2.05, 4.69) is 13.8 Å². The fraction of sp³-hybridized carbons (Fsp3) is 0.909. The predicted octanol–water partition coefficient (Wildman–Crippen LogP) is 1.42. The molecule has 2 saturated heterocycles. The van der Waals surface area contributed by atoms with Crippen LogP contribution < -0.4 is 0 Å². The van der Waals surface area contributed by atoms with Crippen LogP contribution in [0.4, 0.5) is 0 Å². The van der Waals surface area contributed by atoms with Crippen molar-refractivity contribution in [3.05, 3.63) is 0 Å². The van der Waals surface area contributed by atoms with Crippen molar-refractivity contribution in [2.45, 2.75) is 39.2 Å². The molecular weight excluding hydrogens is 178 g/mol. The Bertz CT molecular complexity index is 231. The lowest BCUT2D eigenvalue weighted by atomic mass is 9.82. The number of hydrogen-bond acceptors (Lipinski definition) is 2. The second kappa shape index (κ2) is 3.54. The highest BCUT2D eigenvalue weighted by molar-refractivity contribution is 5.77. The third-order valence-corrected chi connectivity index (χ3v) is 3.16. The van der Waals surface area contributed by atoms with Crippen LogP contribution in [-0.2, 0) is 9.53 Å². The van der Waals surface area contributed by atoms with E-state index in [0.29, 0.717) is 18.4 Å². The number of ether oxygens (including phenoxy) is 1. The zero-order chi connectivity index (χ0) is 10.2. The van der Waals surface area contributed by atoms with Gasteiger partial charge in [-0.05, 0) is 18.3 Å². The van der Waals surface area contributed by atoms with E-state index in [1.807, 2.05) is 4.90 Å². The Kier molecular flexibility index (Phi) is 2.52. The van der Waals surface area contributed by atoms with Gasteiger partial charge in [-0.2, -0.15) is 0 Å². The molecule has 2 fully saturated rings. The Balaban J connectivity index is 1.79. The Morgan fingerprint density at radius 1 is 1.57 bits per heavy atom. The molecule has 2 aliphatic rings. The molecule has 80 valence electrons. The molecule has 2 aliphatic heterocycles. The maximum absolute atomic E-state index is 11.7. The molecule has 0 bridgehead atoms. The van der Waals surface area contributed by atoms with Gasteiger partial charge in [0.25, 0.3) is 0 Å². The first kappa shape index (κ1) is 9.97. The van der Waals surface area contributed by atoms with Crippen molar-refractivity contribution in [3.8, 4) is 0 Å². The Hall–Kier alpha value is -0.570. The average Bonchev–Trinajstić information content (AvgIpc) is 2.85. The van der Waals surface area contributed by atoms with E-state index in [9.17, 15) is 4.79 Å². The Morgan fingerprint density at radius 2 is 2.29 bits per heavy atom. The highest BCUT2D eigenvalue weighted by Crippen LogP contribution is 2.30. The minimum absolute atomic E-state index is 0.212. The van der Waals surface area contributed by atoms with Crippen molar-refractivity contribution in [1.29, 1.82) is 0 Å². The maximum atomic E-state index is 11.7. The number of hydrogen-bond donors (Lipinski definition) is 0. The summed E-state index contributed by atoms with van der Waals surface area (Å²) >= 11 is 0. The highest BCUT2D eigenvalue weighted by atomic mass is 16.6. The molecular formula is C11H19NO2. The summed E-state index contributed by atoms with van der Waals surface area (Å²) in [7, 11) is 0. The van der Waals surface area contributed by atoms with Crippen molar-refractivity contribution in [3.63, 3.8) is 0 Å². The van der Waals surface area contributed by atoms with E-state index in [1.54, 1.807) is 0 Å². The van der Waals surface area contributed by atoms with Crippen molar-refractivity contribution in [2.75, 3.05) is 19.7 Å². The van der Waals surface area contributed by atoms with Crippen LogP contribution in [0.5, 0.6) is 0 Å². The summed E-state index contributed by atoms with van der Waals surface area (Å²) in [5.41, 5.74) is 0.212. The highest BCUT2D eigenvalue weighted by Gasteiger charge is 2.32. The van der Waals surface area contributed by atoms with E-state index in [0.717, 1.165) is 32.5 Å². The lowest BCUT2D eigenvalue weighted by Crippen LogP contribution is -2.42. The van der Waals surface area contributed by atoms with E-state index < -0.39 is 0 Å². The standard InChI is InChI=1S/C11H19NO2/c1-11(2)4-6-12(10(13)7-11)5-3-9-8-14-9/h9H,3-8H2,1-2H3. The van der Waals surface area contributed by atoms with E-state index >= 15 is 0 Å². The molecule has 0 aromatic carbocycles. The van der Waals surface area contributed by atoms with E-state index in [1.165, 1.54) is 0 Å². The molecule has 1 unspecified atom stereocenters. The van der Waals surface area contributed by atoms with Gasteiger partial charge in [0.05, 0.1) is 12.7 Å². The van der Waals surface area contributed by atoms with Gasteiger partial charge >= 0.3 is 0 Å². The lowest BCUT2D eigenvalue weighted by Gasteiger charge is -2.36. The molecule has 1 amide bonds. The first-order chi connectivity index (χ1) is 6.57. The first-order valence-electron chi connectivity index (χ1n) is 5.46. The van der Waals surface area contributed by atoms with Gasteiger partial charge in [0.2, 0.25) is 5.91 Å². The van der Waals surface area contributed by atoms with Crippen molar-refractivity contribution in [2.24, 2.45) is 5.41 Å². The van der Waals surface area contributed by atoms with Gasteiger partial charge in [0.1, 0.15) is 0 Å². The van der Waals surface area contributed by atoms with Crippen LogP contribution in [-0.4, -0.2) is 36.6 Å². The third kappa shape index (κ3) is 2.47. The van der Waals surface area contributed by atoms with Gasteiger partial charge < -0.3 is 9.64 Å². The summed E-state index contributed by atoms with van der Waals surface area (Å²) < 4.78 is 5.14. The van der Waals surface area contributed by atoms with E-state index in [-0.39, 0.29) is 5.41 Å². The summed E-state index contributed by atoms with van der Waals surface area (Å²) in [5.74, 6) is 0.321. The van der Waals surface area contributed by atoms with Crippen LogP contribution in [0.15, 0.2) is 0 Å². The number of piperidine rings is 1. The molecule has 0 aliphatic carbocycles. The molecule has 3 nitrogen and oxygen atoms in total. The summed E-state index contributed by atoms with van der Waals surface area (Å²) in [6.07, 6.45) is 3.30. The molecule has 0 aromatic heterocycles. The molecule has 0 saturated carbocycles. The second-order valence-electron chi connectivity index (χ2n) is 5.22.